The van der Waals surface area contributed by atoms with Crippen molar-refractivity contribution in [3.05, 3.63) is 70.0 Å². The van der Waals surface area contributed by atoms with E-state index < -0.39 is 4.92 Å². The summed E-state index contributed by atoms with van der Waals surface area (Å²) in [5, 5.41) is 10.7. The van der Waals surface area contributed by atoms with E-state index in [0.717, 1.165) is 29.0 Å². The summed E-state index contributed by atoms with van der Waals surface area (Å²) in [5.41, 5.74) is 3.79. The van der Waals surface area contributed by atoms with Crippen LogP contribution in [0.25, 0.3) is 22.7 Å². The van der Waals surface area contributed by atoms with Gasteiger partial charge >= 0.3 is 0 Å². The maximum Gasteiger partial charge on any atom is 0.269 e. The number of hydrogen-bond donors (Lipinski definition) is 0. The number of hydrogen-bond acceptors (Lipinski definition) is 4. The molecular weight excluding hydrogens is 292 g/mol. The van der Waals surface area contributed by atoms with E-state index in [9.17, 15) is 10.1 Å². The minimum Gasteiger partial charge on any atom is -0.441 e. The van der Waals surface area contributed by atoms with Crippen LogP contribution in [-0.4, -0.2) is 9.91 Å². The van der Waals surface area contributed by atoms with Crippen molar-refractivity contribution < 1.29 is 9.34 Å². The molecule has 0 bridgehead atoms. The van der Waals surface area contributed by atoms with E-state index in [-0.39, 0.29) is 5.69 Å². The number of nitro groups is 1. The molecule has 116 valence electrons. The van der Waals surface area contributed by atoms with Crippen LogP contribution in [0.3, 0.4) is 0 Å². The Morgan fingerprint density at radius 2 is 1.65 bits per heavy atom. The number of oxazole rings is 1. The first-order valence-electron chi connectivity index (χ1n) is 7.40. The van der Waals surface area contributed by atoms with E-state index in [0.29, 0.717) is 5.89 Å². The Morgan fingerprint density at radius 1 is 1.04 bits per heavy atom. The van der Waals surface area contributed by atoms with Crippen molar-refractivity contribution >= 4 is 5.69 Å². The zero-order valence-electron chi connectivity index (χ0n) is 12.9. The minimum atomic E-state index is -0.422. The molecule has 1 heterocycles. The molecule has 0 saturated heterocycles. The van der Waals surface area contributed by atoms with Crippen LogP contribution in [0.2, 0.25) is 0 Å². The number of non-ortho nitro benzene ring substituents is 1. The molecular formula is C18H16N2O3. The van der Waals surface area contributed by atoms with Crippen LogP contribution in [0, 0.1) is 17.0 Å². The Labute approximate surface area is 133 Å². The molecule has 5 heteroatoms. The third-order valence-corrected chi connectivity index (χ3v) is 3.67. The predicted molar refractivity (Wildman–Crippen MR) is 88.1 cm³/mol. The molecule has 0 aliphatic carbocycles. The van der Waals surface area contributed by atoms with Crippen molar-refractivity contribution in [2.45, 2.75) is 20.3 Å². The molecule has 0 saturated carbocycles. The highest BCUT2D eigenvalue weighted by Crippen LogP contribution is 2.30. The zero-order chi connectivity index (χ0) is 16.4. The number of benzene rings is 2. The van der Waals surface area contributed by atoms with Crippen LogP contribution in [0.15, 0.2) is 52.9 Å². The highest BCUT2D eigenvalue weighted by Gasteiger charge is 2.15. The SMILES string of the molecule is CCc1oc(-c2ccc([N+](=O)[O-])cc2)nc1-c1ccc(C)cc1. The summed E-state index contributed by atoms with van der Waals surface area (Å²) in [4.78, 5) is 14.9. The lowest BCUT2D eigenvalue weighted by atomic mass is 10.1. The average Bonchev–Trinajstić information content (AvgIpc) is 3.00. The van der Waals surface area contributed by atoms with Crippen LogP contribution in [-0.2, 0) is 6.42 Å². The molecule has 2 aromatic carbocycles. The molecule has 5 nitrogen and oxygen atoms in total. The van der Waals surface area contributed by atoms with Gasteiger partial charge in [-0.2, -0.15) is 0 Å². The number of aryl methyl sites for hydroxylation is 2. The first-order valence-corrected chi connectivity index (χ1v) is 7.40. The number of aromatic nitrogens is 1. The number of rotatable bonds is 4. The van der Waals surface area contributed by atoms with Crippen molar-refractivity contribution in [2.24, 2.45) is 0 Å². The second-order valence-electron chi connectivity index (χ2n) is 5.31. The Kier molecular flexibility index (Phi) is 3.93. The quantitative estimate of drug-likeness (QED) is 0.513. The lowest BCUT2D eigenvalue weighted by Crippen LogP contribution is -1.87. The standard InChI is InChI=1S/C18H16N2O3/c1-3-16-17(13-6-4-12(2)5-7-13)19-18(23-16)14-8-10-15(11-9-14)20(21)22/h4-11H,3H2,1-2H3. The summed E-state index contributed by atoms with van der Waals surface area (Å²) in [6.45, 7) is 4.05. The van der Waals surface area contributed by atoms with Crippen LogP contribution >= 0.6 is 0 Å². The zero-order valence-corrected chi connectivity index (χ0v) is 12.9. The fourth-order valence-electron chi connectivity index (χ4n) is 2.38. The fraction of sp³-hybridized carbons (Fsp3) is 0.167. The summed E-state index contributed by atoms with van der Waals surface area (Å²) in [7, 11) is 0. The third-order valence-electron chi connectivity index (χ3n) is 3.67. The monoisotopic (exact) mass is 308 g/mol. The lowest BCUT2D eigenvalue weighted by molar-refractivity contribution is -0.384. The van der Waals surface area contributed by atoms with Gasteiger partial charge in [0.25, 0.3) is 5.69 Å². The summed E-state index contributed by atoms with van der Waals surface area (Å²) in [6.07, 6.45) is 0.725. The molecule has 0 amide bonds. The van der Waals surface area contributed by atoms with E-state index in [2.05, 4.69) is 4.98 Å². The third kappa shape index (κ3) is 2.99. The van der Waals surface area contributed by atoms with Crippen LogP contribution in [0.4, 0.5) is 5.69 Å². The van der Waals surface area contributed by atoms with E-state index >= 15 is 0 Å². The Bertz CT molecular complexity index is 834. The maximum atomic E-state index is 10.7. The smallest absolute Gasteiger partial charge is 0.269 e. The van der Waals surface area contributed by atoms with Gasteiger partial charge in [0.2, 0.25) is 5.89 Å². The maximum absolute atomic E-state index is 10.7. The highest BCUT2D eigenvalue weighted by molar-refractivity contribution is 5.66. The Hall–Kier alpha value is -2.95. The highest BCUT2D eigenvalue weighted by atomic mass is 16.6. The minimum absolute atomic E-state index is 0.0507. The number of nitrogens with zero attached hydrogens (tertiary/aromatic N) is 2. The van der Waals surface area contributed by atoms with Gasteiger partial charge in [-0.1, -0.05) is 36.8 Å². The van der Waals surface area contributed by atoms with Gasteiger partial charge < -0.3 is 4.42 Å². The van der Waals surface area contributed by atoms with Gasteiger partial charge in [-0.05, 0) is 19.1 Å². The van der Waals surface area contributed by atoms with Gasteiger partial charge in [0.15, 0.2) is 0 Å². The lowest BCUT2D eigenvalue weighted by Gasteiger charge is -1.99. The van der Waals surface area contributed by atoms with Gasteiger partial charge in [-0.15, -0.1) is 0 Å². The van der Waals surface area contributed by atoms with Crippen molar-refractivity contribution in [2.75, 3.05) is 0 Å². The van der Waals surface area contributed by atoms with E-state index in [1.807, 2.05) is 38.1 Å². The fourth-order valence-corrected chi connectivity index (χ4v) is 2.38. The van der Waals surface area contributed by atoms with E-state index in [1.54, 1.807) is 12.1 Å². The predicted octanol–water partition coefficient (Wildman–Crippen LogP) is 4.79. The molecule has 0 aliphatic rings. The molecule has 3 rings (SSSR count). The topological polar surface area (TPSA) is 69.2 Å². The first kappa shape index (κ1) is 15.0. The molecule has 0 N–H and O–H groups in total. The average molecular weight is 308 g/mol. The van der Waals surface area contributed by atoms with E-state index in [1.165, 1.54) is 17.7 Å². The molecule has 0 radical (unpaired) electrons. The van der Waals surface area contributed by atoms with Crippen LogP contribution < -0.4 is 0 Å². The molecule has 0 spiro atoms. The van der Waals surface area contributed by atoms with Crippen molar-refractivity contribution in [1.82, 2.24) is 4.98 Å². The van der Waals surface area contributed by atoms with Gasteiger partial charge in [0.1, 0.15) is 11.5 Å². The Balaban J connectivity index is 2.01. The van der Waals surface area contributed by atoms with Crippen LogP contribution in [0.5, 0.6) is 0 Å². The van der Waals surface area contributed by atoms with Crippen LogP contribution in [0.1, 0.15) is 18.2 Å². The van der Waals surface area contributed by atoms with Gasteiger partial charge in [-0.3, -0.25) is 10.1 Å². The van der Waals surface area contributed by atoms with Gasteiger partial charge in [0.05, 0.1) is 4.92 Å². The van der Waals surface area contributed by atoms with E-state index in [4.69, 9.17) is 4.42 Å². The van der Waals surface area contributed by atoms with Crippen molar-refractivity contribution in [1.29, 1.82) is 0 Å². The second kappa shape index (κ2) is 6.04. The van der Waals surface area contributed by atoms with Gasteiger partial charge in [-0.25, -0.2) is 4.98 Å². The summed E-state index contributed by atoms with van der Waals surface area (Å²) >= 11 is 0. The Morgan fingerprint density at radius 3 is 2.22 bits per heavy atom. The summed E-state index contributed by atoms with van der Waals surface area (Å²) < 4.78 is 5.85. The summed E-state index contributed by atoms with van der Waals surface area (Å²) in [6, 6.07) is 14.3. The largest absolute Gasteiger partial charge is 0.441 e. The van der Waals surface area contributed by atoms with Crippen molar-refractivity contribution in [3.8, 4) is 22.7 Å². The molecule has 0 unspecified atom stereocenters. The number of nitro benzene ring substituents is 1. The molecule has 0 aliphatic heterocycles. The van der Waals surface area contributed by atoms with Crippen molar-refractivity contribution in [3.63, 3.8) is 0 Å². The summed E-state index contributed by atoms with van der Waals surface area (Å²) in [5.74, 6) is 1.29. The second-order valence-corrected chi connectivity index (χ2v) is 5.31. The molecule has 23 heavy (non-hydrogen) atoms. The van der Waals surface area contributed by atoms with Gasteiger partial charge in [0, 0.05) is 29.7 Å². The normalized spacial score (nSPS) is 10.7. The molecule has 3 aromatic rings. The molecule has 0 atom stereocenters. The molecule has 1 aromatic heterocycles. The molecule has 0 fully saturated rings. The first-order chi connectivity index (χ1) is 11.1.